The van der Waals surface area contributed by atoms with Crippen LogP contribution in [0.4, 0.5) is 0 Å². The van der Waals surface area contributed by atoms with Crippen LogP contribution in [0, 0.1) is 0 Å². The van der Waals surface area contributed by atoms with E-state index in [0.29, 0.717) is 5.69 Å². The number of pyridine rings is 1. The van der Waals surface area contributed by atoms with E-state index in [2.05, 4.69) is 15.6 Å². The van der Waals surface area contributed by atoms with E-state index >= 15 is 0 Å². The first-order valence-corrected chi connectivity index (χ1v) is 7.54. The number of carbonyl (C=O) groups excluding carboxylic acids is 1. The van der Waals surface area contributed by atoms with Crippen LogP contribution in [0.3, 0.4) is 0 Å². The minimum absolute atomic E-state index is 0.0921. The van der Waals surface area contributed by atoms with E-state index in [1.807, 2.05) is 30.3 Å². The quantitative estimate of drug-likeness (QED) is 0.804. The molecular weight excluding hydrogens is 278 g/mol. The molecule has 5 heteroatoms. The first kappa shape index (κ1) is 14.5. The van der Waals surface area contributed by atoms with Gasteiger partial charge in [-0.15, -0.1) is 0 Å². The molecule has 2 aromatic rings. The number of amides is 1. The second-order valence-corrected chi connectivity index (χ2v) is 5.50. The summed E-state index contributed by atoms with van der Waals surface area (Å²) in [5.74, 6) is -0.311. The van der Waals surface area contributed by atoms with Gasteiger partial charge in [0, 0.05) is 18.3 Å². The Morgan fingerprint density at radius 2 is 1.95 bits per heavy atom. The van der Waals surface area contributed by atoms with Crippen molar-refractivity contribution >= 4 is 5.91 Å². The van der Waals surface area contributed by atoms with Gasteiger partial charge < -0.3 is 15.6 Å². The molecule has 5 nitrogen and oxygen atoms in total. The van der Waals surface area contributed by atoms with Gasteiger partial charge in [-0.25, -0.2) is 0 Å². The summed E-state index contributed by atoms with van der Waals surface area (Å²) in [4.78, 5) is 27.2. The second kappa shape index (κ2) is 6.58. The highest BCUT2D eigenvalue weighted by molar-refractivity contribution is 5.94. The molecule has 1 saturated heterocycles. The molecule has 2 heterocycles. The lowest BCUT2D eigenvalue weighted by Gasteiger charge is -2.23. The van der Waals surface area contributed by atoms with E-state index in [1.54, 1.807) is 12.1 Å². The number of aromatic nitrogens is 1. The highest BCUT2D eigenvalue weighted by Gasteiger charge is 2.18. The van der Waals surface area contributed by atoms with Gasteiger partial charge in [0.25, 0.3) is 11.5 Å². The molecule has 0 radical (unpaired) electrons. The monoisotopic (exact) mass is 297 g/mol. The maximum Gasteiger partial charge on any atom is 0.261 e. The number of piperidine rings is 1. The Hall–Kier alpha value is -2.40. The van der Waals surface area contributed by atoms with Crippen LogP contribution < -0.4 is 16.2 Å². The molecule has 3 N–H and O–H groups in total. The fraction of sp³-hybridized carbons (Fsp3) is 0.294. The number of carbonyl (C=O) groups is 1. The van der Waals surface area contributed by atoms with Crippen molar-refractivity contribution in [3.05, 3.63) is 58.4 Å². The van der Waals surface area contributed by atoms with Crippen molar-refractivity contribution in [3.8, 4) is 11.3 Å². The van der Waals surface area contributed by atoms with Crippen molar-refractivity contribution in [2.75, 3.05) is 13.1 Å². The molecule has 0 bridgehead atoms. The lowest BCUT2D eigenvalue weighted by molar-refractivity contribution is 0.0929. The SMILES string of the molecule is O=C(NC1CCCNC1)c1ccc(-c2ccccc2)[nH]c1=O. The van der Waals surface area contributed by atoms with Crippen LogP contribution in [-0.2, 0) is 0 Å². The van der Waals surface area contributed by atoms with Gasteiger partial charge >= 0.3 is 0 Å². The Morgan fingerprint density at radius 1 is 1.14 bits per heavy atom. The zero-order valence-electron chi connectivity index (χ0n) is 12.3. The molecule has 1 amide bonds. The van der Waals surface area contributed by atoms with E-state index in [4.69, 9.17) is 0 Å². The molecular formula is C17H19N3O2. The van der Waals surface area contributed by atoms with Crippen LogP contribution in [0.25, 0.3) is 11.3 Å². The topological polar surface area (TPSA) is 74.0 Å². The molecule has 1 aliphatic rings. The highest BCUT2D eigenvalue weighted by Crippen LogP contribution is 2.14. The van der Waals surface area contributed by atoms with Gasteiger partial charge in [0.1, 0.15) is 5.56 Å². The summed E-state index contributed by atoms with van der Waals surface area (Å²) in [6, 6.07) is 13.0. The standard InChI is InChI=1S/C17H19N3O2/c21-16(19-13-7-4-10-18-11-13)14-8-9-15(20-17(14)22)12-5-2-1-3-6-12/h1-3,5-6,8-9,13,18H,4,7,10-11H2,(H,19,21)(H,20,22). The van der Waals surface area contributed by atoms with Crippen LogP contribution in [0.2, 0.25) is 0 Å². The van der Waals surface area contributed by atoms with Crippen molar-refractivity contribution in [2.24, 2.45) is 0 Å². The first-order valence-electron chi connectivity index (χ1n) is 7.54. The Kier molecular flexibility index (Phi) is 4.34. The third-order valence-corrected chi connectivity index (χ3v) is 3.87. The van der Waals surface area contributed by atoms with E-state index in [1.165, 1.54) is 0 Å². The largest absolute Gasteiger partial charge is 0.348 e. The van der Waals surface area contributed by atoms with Crippen molar-refractivity contribution in [1.82, 2.24) is 15.6 Å². The fourth-order valence-corrected chi connectivity index (χ4v) is 2.68. The van der Waals surface area contributed by atoms with Crippen molar-refractivity contribution in [1.29, 1.82) is 0 Å². The van der Waals surface area contributed by atoms with E-state index in [9.17, 15) is 9.59 Å². The zero-order valence-corrected chi connectivity index (χ0v) is 12.3. The number of hydrogen-bond donors (Lipinski definition) is 3. The Bertz CT molecular complexity index is 703. The summed E-state index contributed by atoms with van der Waals surface area (Å²) < 4.78 is 0. The Morgan fingerprint density at radius 3 is 2.64 bits per heavy atom. The number of rotatable bonds is 3. The smallest absolute Gasteiger partial charge is 0.261 e. The van der Waals surface area contributed by atoms with Gasteiger partial charge in [-0.3, -0.25) is 9.59 Å². The molecule has 1 aromatic heterocycles. The number of hydrogen-bond acceptors (Lipinski definition) is 3. The number of H-pyrrole nitrogens is 1. The molecule has 1 atom stereocenters. The third-order valence-electron chi connectivity index (χ3n) is 3.87. The Balaban J connectivity index is 1.77. The van der Waals surface area contributed by atoms with Crippen LogP contribution in [0.15, 0.2) is 47.3 Å². The minimum atomic E-state index is -0.359. The first-order chi connectivity index (χ1) is 10.7. The van der Waals surface area contributed by atoms with Crippen molar-refractivity contribution < 1.29 is 4.79 Å². The zero-order chi connectivity index (χ0) is 15.4. The Labute approximate surface area is 128 Å². The number of benzene rings is 1. The summed E-state index contributed by atoms with van der Waals surface area (Å²) in [5, 5.41) is 6.15. The average Bonchev–Trinajstić information content (AvgIpc) is 2.56. The molecule has 22 heavy (non-hydrogen) atoms. The maximum absolute atomic E-state index is 12.2. The van der Waals surface area contributed by atoms with Gasteiger partial charge in [-0.2, -0.15) is 0 Å². The summed E-state index contributed by atoms with van der Waals surface area (Å²) in [6.07, 6.45) is 1.98. The lowest BCUT2D eigenvalue weighted by atomic mass is 10.1. The molecule has 0 saturated carbocycles. The van der Waals surface area contributed by atoms with E-state index < -0.39 is 0 Å². The second-order valence-electron chi connectivity index (χ2n) is 5.50. The van der Waals surface area contributed by atoms with Gasteiger partial charge in [-0.05, 0) is 37.1 Å². The molecule has 1 aliphatic heterocycles. The maximum atomic E-state index is 12.2. The highest BCUT2D eigenvalue weighted by atomic mass is 16.2. The van der Waals surface area contributed by atoms with Crippen LogP contribution in [-0.4, -0.2) is 30.0 Å². The van der Waals surface area contributed by atoms with E-state index in [-0.39, 0.29) is 23.1 Å². The summed E-state index contributed by atoms with van der Waals surface area (Å²) >= 11 is 0. The van der Waals surface area contributed by atoms with Crippen LogP contribution in [0.1, 0.15) is 23.2 Å². The summed E-state index contributed by atoms with van der Waals surface area (Å²) in [7, 11) is 0. The third kappa shape index (κ3) is 3.26. The number of aromatic amines is 1. The molecule has 1 unspecified atom stereocenters. The molecule has 1 aromatic carbocycles. The normalized spacial score (nSPS) is 17.9. The predicted octanol–water partition coefficient (Wildman–Crippen LogP) is 1.52. The van der Waals surface area contributed by atoms with Gasteiger partial charge in [0.15, 0.2) is 0 Å². The molecule has 0 aliphatic carbocycles. The minimum Gasteiger partial charge on any atom is -0.348 e. The predicted molar refractivity (Wildman–Crippen MR) is 85.9 cm³/mol. The van der Waals surface area contributed by atoms with Gasteiger partial charge in [0.05, 0.1) is 0 Å². The molecule has 3 rings (SSSR count). The molecule has 1 fully saturated rings. The number of nitrogens with one attached hydrogen (secondary N) is 3. The lowest BCUT2D eigenvalue weighted by Crippen LogP contribution is -2.46. The summed E-state index contributed by atoms with van der Waals surface area (Å²) in [6.45, 7) is 1.74. The van der Waals surface area contributed by atoms with Crippen LogP contribution >= 0.6 is 0 Å². The van der Waals surface area contributed by atoms with Gasteiger partial charge in [-0.1, -0.05) is 30.3 Å². The van der Waals surface area contributed by atoms with Crippen LogP contribution in [0.5, 0.6) is 0 Å². The van der Waals surface area contributed by atoms with Gasteiger partial charge in [0.2, 0.25) is 0 Å². The average molecular weight is 297 g/mol. The molecule has 0 spiro atoms. The van der Waals surface area contributed by atoms with Crippen molar-refractivity contribution in [2.45, 2.75) is 18.9 Å². The van der Waals surface area contributed by atoms with E-state index in [0.717, 1.165) is 31.5 Å². The van der Waals surface area contributed by atoms with Crippen molar-refractivity contribution in [3.63, 3.8) is 0 Å². The fourth-order valence-electron chi connectivity index (χ4n) is 2.68. The summed E-state index contributed by atoms with van der Waals surface area (Å²) in [5.41, 5.74) is 1.43. The molecule has 114 valence electrons.